The molecule has 5 nitrogen and oxygen atoms in total. The normalized spacial score (nSPS) is 20.9. The number of Topliss-reactive ketones (excluding diaryl/α,β-unsaturated/α-hetero) is 1. The first kappa shape index (κ1) is 21.7. The third kappa shape index (κ3) is 4.30. The van der Waals surface area contributed by atoms with Crippen molar-refractivity contribution in [2.24, 2.45) is 0 Å². The lowest BCUT2D eigenvalue weighted by Gasteiger charge is -2.35. The number of ketones is 1. The highest BCUT2D eigenvalue weighted by Gasteiger charge is 2.39. The molecule has 1 aliphatic heterocycles. The Bertz CT molecular complexity index is 1080. The van der Waals surface area contributed by atoms with Gasteiger partial charge < -0.3 is 14.8 Å². The summed E-state index contributed by atoms with van der Waals surface area (Å²) in [5, 5.41) is 3.91. The summed E-state index contributed by atoms with van der Waals surface area (Å²) in [7, 11) is 1.59. The largest absolute Gasteiger partial charge is 0.493 e. The van der Waals surface area contributed by atoms with Crippen LogP contribution in [-0.4, -0.2) is 25.4 Å². The monoisotopic (exact) mass is 459 g/mol. The predicted octanol–water partition coefficient (Wildman–Crippen LogP) is 5.41. The van der Waals surface area contributed by atoms with Crippen LogP contribution in [0.25, 0.3) is 0 Å². The molecular formula is C24H23Cl2NO4. The first-order valence-electron chi connectivity index (χ1n) is 10.2. The minimum atomic E-state index is -0.364. The van der Waals surface area contributed by atoms with Crippen LogP contribution in [0.4, 0.5) is 0 Å². The van der Waals surface area contributed by atoms with Crippen molar-refractivity contribution >= 4 is 34.9 Å². The molecule has 0 aromatic heterocycles. The molecule has 0 spiro atoms. The van der Waals surface area contributed by atoms with E-state index in [1.54, 1.807) is 25.3 Å². The molecule has 2 aromatic carbocycles. The van der Waals surface area contributed by atoms with Crippen LogP contribution in [0.15, 0.2) is 47.7 Å². The Morgan fingerprint density at radius 3 is 2.55 bits per heavy atom. The van der Waals surface area contributed by atoms with Crippen molar-refractivity contribution < 1.29 is 19.1 Å². The fraction of sp³-hybridized carbons (Fsp3) is 0.333. The Kier molecular flexibility index (Phi) is 6.26. The number of hydrogen-bond donors (Lipinski definition) is 1. The van der Waals surface area contributed by atoms with Gasteiger partial charge in [0.15, 0.2) is 17.3 Å². The van der Waals surface area contributed by atoms with Gasteiger partial charge >= 0.3 is 0 Å². The highest BCUT2D eigenvalue weighted by molar-refractivity contribution is 6.35. The summed E-state index contributed by atoms with van der Waals surface area (Å²) >= 11 is 12.4. The summed E-state index contributed by atoms with van der Waals surface area (Å²) in [6.07, 6.45) is 1.10. The van der Waals surface area contributed by atoms with E-state index in [0.29, 0.717) is 52.3 Å². The first-order chi connectivity index (χ1) is 14.9. The Balaban J connectivity index is 1.69. The van der Waals surface area contributed by atoms with Crippen molar-refractivity contribution in [1.29, 1.82) is 0 Å². The number of ether oxygens (including phenoxy) is 2. The second kappa shape index (κ2) is 8.93. The van der Waals surface area contributed by atoms with Gasteiger partial charge in [-0.3, -0.25) is 9.59 Å². The molecule has 1 heterocycles. The molecule has 31 heavy (non-hydrogen) atoms. The molecule has 1 N–H and O–H groups in total. The van der Waals surface area contributed by atoms with Gasteiger partial charge in [0, 0.05) is 40.1 Å². The molecule has 0 radical (unpaired) electrons. The number of hydrogen-bond acceptors (Lipinski definition) is 4. The summed E-state index contributed by atoms with van der Waals surface area (Å²) in [6.45, 7) is 2.45. The number of carbonyl (C=O) groups excluding carboxylic acids is 2. The van der Waals surface area contributed by atoms with E-state index >= 15 is 0 Å². The van der Waals surface area contributed by atoms with Crippen LogP contribution in [0.1, 0.15) is 49.1 Å². The summed E-state index contributed by atoms with van der Waals surface area (Å²) in [4.78, 5) is 25.8. The van der Waals surface area contributed by atoms with Crippen molar-refractivity contribution in [2.75, 3.05) is 13.7 Å². The number of amides is 1. The lowest BCUT2D eigenvalue weighted by atomic mass is 9.73. The van der Waals surface area contributed by atoms with E-state index in [2.05, 4.69) is 5.32 Å². The number of rotatable bonds is 5. The summed E-state index contributed by atoms with van der Waals surface area (Å²) in [6, 6.07) is 10.9. The van der Waals surface area contributed by atoms with Crippen LogP contribution >= 0.6 is 23.2 Å². The highest BCUT2D eigenvalue weighted by Crippen LogP contribution is 2.45. The average Bonchev–Trinajstić information content (AvgIpc) is 2.73. The molecular weight excluding hydrogens is 437 g/mol. The first-order valence-corrected chi connectivity index (χ1v) is 11.0. The molecule has 4 rings (SSSR count). The Hall–Kier alpha value is -2.50. The lowest BCUT2D eigenvalue weighted by Crippen LogP contribution is -2.38. The van der Waals surface area contributed by atoms with E-state index in [1.807, 2.05) is 25.1 Å². The molecule has 1 aliphatic carbocycles. The summed E-state index contributed by atoms with van der Waals surface area (Å²) < 4.78 is 11.1. The maximum absolute atomic E-state index is 13.3. The fourth-order valence-electron chi connectivity index (χ4n) is 4.46. The van der Waals surface area contributed by atoms with E-state index in [9.17, 15) is 9.59 Å². The number of benzene rings is 2. The molecule has 0 saturated carbocycles. The van der Waals surface area contributed by atoms with Gasteiger partial charge in [-0.05, 0) is 54.7 Å². The van der Waals surface area contributed by atoms with Crippen LogP contribution in [0.5, 0.6) is 11.5 Å². The number of allylic oxidation sites excluding steroid dienone is 2. The minimum absolute atomic E-state index is 0.0233. The van der Waals surface area contributed by atoms with E-state index in [4.69, 9.17) is 32.7 Å². The lowest BCUT2D eigenvalue weighted by molar-refractivity contribution is -0.122. The molecule has 2 atom stereocenters. The molecule has 0 bridgehead atoms. The van der Waals surface area contributed by atoms with Crippen molar-refractivity contribution in [3.63, 3.8) is 0 Å². The second-order valence-electron chi connectivity index (χ2n) is 7.73. The molecule has 0 fully saturated rings. The van der Waals surface area contributed by atoms with Crippen LogP contribution in [0, 0.1) is 0 Å². The molecule has 0 unspecified atom stereocenters. The molecule has 0 saturated heterocycles. The van der Waals surface area contributed by atoms with Crippen molar-refractivity contribution in [3.05, 3.63) is 68.8 Å². The molecule has 2 aromatic rings. The van der Waals surface area contributed by atoms with Crippen LogP contribution in [0.3, 0.4) is 0 Å². The zero-order chi connectivity index (χ0) is 22.1. The topological polar surface area (TPSA) is 64.6 Å². The van der Waals surface area contributed by atoms with Gasteiger partial charge in [0.25, 0.3) is 0 Å². The van der Waals surface area contributed by atoms with E-state index < -0.39 is 0 Å². The third-order valence-corrected chi connectivity index (χ3v) is 6.40. The standard InChI is InChI=1S/C24H23Cl2NO4/c1-3-31-21-7-4-13(10-22(21)30-2)14-8-19-24(20(28)9-14)17(12-23(29)27-19)16-6-5-15(25)11-18(16)26/h4-7,10-11,14,17H,3,8-9,12H2,1-2H3,(H,27,29)/t14-,17+/m1/s1. The fourth-order valence-corrected chi connectivity index (χ4v) is 5.00. The third-order valence-electron chi connectivity index (χ3n) is 5.83. The minimum Gasteiger partial charge on any atom is -0.493 e. The van der Waals surface area contributed by atoms with Crippen LogP contribution in [-0.2, 0) is 9.59 Å². The Labute approximate surface area is 191 Å². The van der Waals surface area contributed by atoms with E-state index in [1.165, 1.54) is 0 Å². The van der Waals surface area contributed by atoms with Gasteiger partial charge in [0.2, 0.25) is 5.91 Å². The van der Waals surface area contributed by atoms with Crippen molar-refractivity contribution in [2.45, 2.75) is 38.0 Å². The predicted molar refractivity (Wildman–Crippen MR) is 120 cm³/mol. The SMILES string of the molecule is CCOc1ccc([C@H]2CC(=O)C3=C(C2)NC(=O)C[C@H]3c2ccc(Cl)cc2Cl)cc1OC. The second-order valence-corrected chi connectivity index (χ2v) is 8.58. The number of nitrogens with one attached hydrogen (secondary N) is 1. The van der Waals surface area contributed by atoms with Crippen molar-refractivity contribution in [3.8, 4) is 11.5 Å². The van der Waals surface area contributed by atoms with E-state index in [-0.39, 0.29) is 29.9 Å². The Morgan fingerprint density at radius 1 is 1.03 bits per heavy atom. The highest BCUT2D eigenvalue weighted by atomic mass is 35.5. The average molecular weight is 460 g/mol. The summed E-state index contributed by atoms with van der Waals surface area (Å²) in [5.74, 6) is 0.777. The number of halogens is 2. The molecule has 7 heteroatoms. The van der Waals surface area contributed by atoms with Gasteiger partial charge in [0.1, 0.15) is 0 Å². The quantitative estimate of drug-likeness (QED) is 0.649. The number of carbonyl (C=O) groups is 2. The van der Waals surface area contributed by atoms with E-state index in [0.717, 1.165) is 11.1 Å². The summed E-state index contributed by atoms with van der Waals surface area (Å²) in [5.41, 5.74) is 3.06. The number of methoxy groups -OCH3 is 1. The smallest absolute Gasteiger partial charge is 0.225 e. The van der Waals surface area contributed by atoms with Gasteiger partial charge in [-0.25, -0.2) is 0 Å². The Morgan fingerprint density at radius 2 is 1.84 bits per heavy atom. The maximum Gasteiger partial charge on any atom is 0.225 e. The van der Waals surface area contributed by atoms with Gasteiger partial charge in [0.05, 0.1) is 13.7 Å². The zero-order valence-corrected chi connectivity index (χ0v) is 18.8. The maximum atomic E-state index is 13.3. The molecule has 1 amide bonds. The molecule has 162 valence electrons. The van der Waals surface area contributed by atoms with Gasteiger partial charge in [-0.15, -0.1) is 0 Å². The van der Waals surface area contributed by atoms with Crippen molar-refractivity contribution in [1.82, 2.24) is 5.32 Å². The molecule has 2 aliphatic rings. The van der Waals surface area contributed by atoms with Crippen LogP contribution < -0.4 is 14.8 Å². The van der Waals surface area contributed by atoms with Gasteiger partial charge in [-0.2, -0.15) is 0 Å². The van der Waals surface area contributed by atoms with Crippen LogP contribution in [0.2, 0.25) is 10.0 Å². The van der Waals surface area contributed by atoms with Gasteiger partial charge in [-0.1, -0.05) is 35.3 Å². The zero-order valence-electron chi connectivity index (χ0n) is 17.3.